The summed E-state index contributed by atoms with van der Waals surface area (Å²) in [4.78, 5) is 12.9. The van der Waals surface area contributed by atoms with E-state index in [1.165, 1.54) is 6.07 Å². The summed E-state index contributed by atoms with van der Waals surface area (Å²) in [6.07, 6.45) is -1.93. The van der Waals surface area contributed by atoms with Crippen molar-refractivity contribution in [2.75, 3.05) is 19.6 Å². The van der Waals surface area contributed by atoms with Gasteiger partial charge in [0.1, 0.15) is 6.17 Å². The van der Waals surface area contributed by atoms with Gasteiger partial charge in [-0.1, -0.05) is 60.8 Å². The van der Waals surface area contributed by atoms with Gasteiger partial charge >= 0.3 is 6.18 Å². The molecule has 0 saturated carbocycles. The molecule has 166 valence electrons. The van der Waals surface area contributed by atoms with E-state index in [0.717, 1.165) is 44.6 Å². The number of benzene rings is 1. The molecule has 0 aromatic heterocycles. The standard InChI is InChI=1S/C20H24Cl3F3N4/c1-13(2)11-29-8-6-16(7-9-29)30-12-27-18(19(21,22)23)28-17(30)14-4-3-5-15(10-14)20(24,25)26/h3-5,10,12-13,16-17H,6-9,11H2,1-2H3. The maximum Gasteiger partial charge on any atom is 0.416 e. The summed E-state index contributed by atoms with van der Waals surface area (Å²) < 4.78 is 37.9. The van der Waals surface area contributed by atoms with Crippen molar-refractivity contribution in [1.29, 1.82) is 0 Å². The van der Waals surface area contributed by atoms with Gasteiger partial charge in [0, 0.05) is 25.7 Å². The van der Waals surface area contributed by atoms with Crippen molar-refractivity contribution >= 4 is 47.0 Å². The minimum atomic E-state index is -4.45. The van der Waals surface area contributed by atoms with Crippen LogP contribution in [0.3, 0.4) is 0 Å². The van der Waals surface area contributed by atoms with Crippen LogP contribution in [0.15, 0.2) is 34.3 Å². The molecule has 4 nitrogen and oxygen atoms in total. The van der Waals surface area contributed by atoms with Gasteiger partial charge in [-0.05, 0) is 36.5 Å². The highest BCUT2D eigenvalue weighted by Gasteiger charge is 2.37. The van der Waals surface area contributed by atoms with Crippen molar-refractivity contribution in [1.82, 2.24) is 9.80 Å². The molecule has 10 heteroatoms. The molecule has 2 aliphatic heterocycles. The quantitative estimate of drug-likeness (QED) is 0.497. The van der Waals surface area contributed by atoms with Crippen LogP contribution in [0.5, 0.6) is 0 Å². The van der Waals surface area contributed by atoms with E-state index in [1.54, 1.807) is 12.4 Å². The van der Waals surface area contributed by atoms with Gasteiger partial charge < -0.3 is 9.80 Å². The third-order valence-corrected chi connectivity index (χ3v) is 5.72. The second-order valence-corrected chi connectivity index (χ2v) is 10.3. The summed E-state index contributed by atoms with van der Waals surface area (Å²) in [5.74, 6) is 0.538. The lowest BCUT2D eigenvalue weighted by atomic mass is 9.99. The lowest BCUT2D eigenvalue weighted by Gasteiger charge is -2.42. The molecule has 1 aromatic carbocycles. The van der Waals surface area contributed by atoms with Crippen LogP contribution in [-0.2, 0) is 6.18 Å². The number of hydrogen-bond acceptors (Lipinski definition) is 4. The summed E-state index contributed by atoms with van der Waals surface area (Å²) in [5.41, 5.74) is -0.354. The van der Waals surface area contributed by atoms with Crippen molar-refractivity contribution in [3.63, 3.8) is 0 Å². The number of halogens is 6. The molecule has 0 N–H and O–H groups in total. The van der Waals surface area contributed by atoms with Crippen LogP contribution in [0.4, 0.5) is 13.2 Å². The smallest absolute Gasteiger partial charge is 0.334 e. The molecule has 1 fully saturated rings. The van der Waals surface area contributed by atoms with Crippen molar-refractivity contribution in [2.24, 2.45) is 15.9 Å². The van der Waals surface area contributed by atoms with Gasteiger partial charge in [0.25, 0.3) is 0 Å². The van der Waals surface area contributed by atoms with Crippen molar-refractivity contribution in [2.45, 2.75) is 48.9 Å². The Balaban J connectivity index is 1.88. The number of aliphatic imine (C=N–C) groups is 2. The van der Waals surface area contributed by atoms with E-state index in [0.29, 0.717) is 11.5 Å². The Hall–Kier alpha value is -1.02. The van der Waals surface area contributed by atoms with Crippen LogP contribution in [0, 0.1) is 5.92 Å². The Labute approximate surface area is 189 Å². The number of rotatable bonds is 4. The Morgan fingerprint density at radius 2 is 1.80 bits per heavy atom. The van der Waals surface area contributed by atoms with Crippen LogP contribution in [0.2, 0.25) is 0 Å². The molecule has 0 aliphatic carbocycles. The molecule has 0 radical (unpaired) electrons. The Bertz CT molecular complexity index is 797. The van der Waals surface area contributed by atoms with Gasteiger partial charge in [0.2, 0.25) is 3.79 Å². The molecular weight excluding hydrogens is 460 g/mol. The van der Waals surface area contributed by atoms with Crippen LogP contribution in [0.25, 0.3) is 0 Å². The topological polar surface area (TPSA) is 31.2 Å². The predicted octanol–water partition coefficient (Wildman–Crippen LogP) is 5.94. The Kier molecular flexibility index (Phi) is 7.27. The van der Waals surface area contributed by atoms with Gasteiger partial charge in [0.15, 0.2) is 5.84 Å². The Morgan fingerprint density at radius 1 is 1.13 bits per heavy atom. The molecule has 1 aromatic rings. The second kappa shape index (κ2) is 9.23. The highest BCUT2D eigenvalue weighted by Crippen LogP contribution is 2.37. The van der Waals surface area contributed by atoms with Crippen LogP contribution < -0.4 is 0 Å². The first-order valence-corrected chi connectivity index (χ1v) is 10.9. The summed E-state index contributed by atoms with van der Waals surface area (Å²) in [6, 6.07) is 5.20. The molecular formula is C20H24Cl3F3N4. The molecule has 2 aliphatic rings. The molecule has 1 atom stereocenters. The molecule has 1 saturated heterocycles. The maximum atomic E-state index is 13.3. The fraction of sp³-hybridized carbons (Fsp3) is 0.600. The lowest BCUT2D eigenvalue weighted by Crippen LogP contribution is -2.47. The highest BCUT2D eigenvalue weighted by molar-refractivity contribution is 6.76. The maximum absolute atomic E-state index is 13.3. The van der Waals surface area contributed by atoms with Gasteiger partial charge in [-0.15, -0.1) is 0 Å². The first kappa shape index (κ1) is 23.6. The van der Waals surface area contributed by atoms with E-state index in [9.17, 15) is 13.2 Å². The second-order valence-electron chi connectivity index (χ2n) is 8.06. The number of hydrogen-bond donors (Lipinski definition) is 0. The molecule has 3 rings (SSSR count). The lowest BCUT2D eigenvalue weighted by molar-refractivity contribution is -0.137. The minimum absolute atomic E-state index is 0.0385. The van der Waals surface area contributed by atoms with E-state index in [4.69, 9.17) is 34.8 Å². The van der Waals surface area contributed by atoms with Crippen LogP contribution in [0.1, 0.15) is 44.0 Å². The monoisotopic (exact) mass is 482 g/mol. The van der Waals surface area contributed by atoms with Gasteiger partial charge in [-0.2, -0.15) is 13.2 Å². The zero-order valence-corrected chi connectivity index (χ0v) is 19.0. The Morgan fingerprint density at radius 3 is 2.37 bits per heavy atom. The summed E-state index contributed by atoms with van der Waals surface area (Å²) >= 11 is 17.9. The van der Waals surface area contributed by atoms with Crippen molar-refractivity contribution in [3.8, 4) is 0 Å². The first-order valence-electron chi connectivity index (χ1n) is 9.81. The molecule has 2 heterocycles. The van der Waals surface area contributed by atoms with E-state index in [1.807, 2.05) is 4.90 Å². The third kappa shape index (κ3) is 5.81. The molecule has 0 amide bonds. The van der Waals surface area contributed by atoms with Crippen molar-refractivity contribution in [3.05, 3.63) is 35.4 Å². The van der Waals surface area contributed by atoms with E-state index >= 15 is 0 Å². The minimum Gasteiger partial charge on any atom is -0.334 e. The number of amidine groups is 1. The van der Waals surface area contributed by atoms with Gasteiger partial charge in [-0.25, -0.2) is 9.98 Å². The number of likely N-dealkylation sites (tertiary alicyclic amines) is 1. The number of alkyl halides is 6. The van der Waals surface area contributed by atoms with Crippen LogP contribution >= 0.6 is 34.8 Å². The van der Waals surface area contributed by atoms with Gasteiger partial charge in [0.05, 0.1) is 11.9 Å². The van der Waals surface area contributed by atoms with E-state index in [-0.39, 0.29) is 11.9 Å². The zero-order valence-electron chi connectivity index (χ0n) is 16.7. The first-order chi connectivity index (χ1) is 13.9. The average Bonchev–Trinajstić information content (AvgIpc) is 2.66. The van der Waals surface area contributed by atoms with E-state index in [2.05, 4.69) is 28.7 Å². The summed E-state index contributed by atoms with van der Waals surface area (Å²) in [6.45, 7) is 7.19. The molecule has 30 heavy (non-hydrogen) atoms. The fourth-order valence-electron chi connectivity index (χ4n) is 3.88. The molecule has 0 spiro atoms. The number of nitrogens with zero attached hydrogens (tertiary/aromatic N) is 4. The van der Waals surface area contributed by atoms with E-state index < -0.39 is 21.7 Å². The number of piperidine rings is 1. The van der Waals surface area contributed by atoms with Crippen LogP contribution in [-0.4, -0.2) is 51.4 Å². The predicted molar refractivity (Wildman–Crippen MR) is 117 cm³/mol. The fourth-order valence-corrected chi connectivity index (χ4v) is 4.17. The highest BCUT2D eigenvalue weighted by atomic mass is 35.6. The zero-order chi connectivity index (χ0) is 22.1. The summed E-state index contributed by atoms with van der Waals surface area (Å²) in [7, 11) is 0. The van der Waals surface area contributed by atoms with Gasteiger partial charge in [-0.3, -0.25) is 0 Å². The summed E-state index contributed by atoms with van der Waals surface area (Å²) in [5, 5.41) is 0. The van der Waals surface area contributed by atoms with Crippen molar-refractivity contribution < 1.29 is 13.2 Å². The molecule has 1 unspecified atom stereocenters. The largest absolute Gasteiger partial charge is 0.416 e. The molecule has 0 bridgehead atoms. The normalized spacial score (nSPS) is 22.0. The third-order valence-electron chi connectivity index (χ3n) is 5.21. The average molecular weight is 484 g/mol. The SMILES string of the molecule is CC(C)CN1CCC(N2C=NC(C(Cl)(Cl)Cl)=NC2c2cccc(C(F)(F)F)c2)CC1.